The van der Waals surface area contributed by atoms with Crippen molar-refractivity contribution >= 4 is 49.8 Å². The minimum Gasteiger partial charge on any atom is -0.348 e. The summed E-state index contributed by atoms with van der Waals surface area (Å²) in [7, 11) is 0. The van der Waals surface area contributed by atoms with Crippen molar-refractivity contribution in [3.63, 3.8) is 0 Å². The first-order valence-corrected chi connectivity index (χ1v) is 10.6. The summed E-state index contributed by atoms with van der Waals surface area (Å²) in [6.07, 6.45) is 1.11. The van der Waals surface area contributed by atoms with Gasteiger partial charge in [0.05, 0.1) is 16.3 Å². The lowest BCUT2D eigenvalue weighted by Gasteiger charge is -2.21. The minimum atomic E-state index is -0.128. The van der Waals surface area contributed by atoms with E-state index in [2.05, 4.69) is 35.5 Å². The van der Waals surface area contributed by atoms with Gasteiger partial charge in [0, 0.05) is 18.2 Å². The van der Waals surface area contributed by atoms with E-state index in [1.165, 1.54) is 23.1 Å². The Balaban J connectivity index is 1.61. The summed E-state index contributed by atoms with van der Waals surface area (Å²) in [5, 5.41) is 8.52. The monoisotopic (exact) mass is 401 g/mol. The number of carbonyl (C=O) groups is 2. The van der Waals surface area contributed by atoms with Gasteiger partial charge in [-0.15, -0.1) is 11.3 Å². The molecule has 0 saturated carbocycles. The van der Waals surface area contributed by atoms with E-state index in [0.717, 1.165) is 15.8 Å². The first-order chi connectivity index (χ1) is 12.9. The second kappa shape index (κ2) is 8.63. The summed E-state index contributed by atoms with van der Waals surface area (Å²) in [6.45, 7) is 5.71. The van der Waals surface area contributed by atoms with Crippen molar-refractivity contribution in [1.82, 2.24) is 10.3 Å². The van der Waals surface area contributed by atoms with Crippen LogP contribution in [0.4, 0.5) is 5.13 Å². The van der Waals surface area contributed by atoms with Gasteiger partial charge in [-0.2, -0.15) is 0 Å². The minimum absolute atomic E-state index is 0.0571. The van der Waals surface area contributed by atoms with Crippen LogP contribution in [-0.2, 0) is 16.0 Å². The molecule has 142 valence electrons. The highest BCUT2D eigenvalue weighted by Gasteiger charge is 2.19. The SMILES string of the molecule is CC(=O)Nc1nc2ccc(CCC(=O)NC(c3cccs3)C(C)C)cc2s1. The highest BCUT2D eigenvalue weighted by atomic mass is 32.1. The standard InChI is InChI=1S/C20H23N3O2S2/c1-12(2)19(16-5-4-10-26-16)23-18(25)9-7-14-6-8-15-17(11-14)27-20(22-15)21-13(3)24/h4-6,8,10-12,19H,7,9H2,1-3H3,(H,23,25)(H,21,22,24). The molecule has 0 spiro atoms. The van der Waals surface area contributed by atoms with Gasteiger partial charge in [-0.25, -0.2) is 4.98 Å². The van der Waals surface area contributed by atoms with Crippen molar-refractivity contribution in [2.24, 2.45) is 5.92 Å². The van der Waals surface area contributed by atoms with Crippen molar-refractivity contribution in [3.05, 3.63) is 46.2 Å². The van der Waals surface area contributed by atoms with E-state index >= 15 is 0 Å². The zero-order chi connectivity index (χ0) is 19.4. The van der Waals surface area contributed by atoms with Crippen LogP contribution in [0, 0.1) is 5.92 Å². The normalized spacial score (nSPS) is 12.3. The molecule has 7 heteroatoms. The van der Waals surface area contributed by atoms with E-state index in [1.807, 2.05) is 29.6 Å². The molecular weight excluding hydrogens is 378 g/mol. The Labute approximate surface area is 166 Å². The van der Waals surface area contributed by atoms with E-state index in [0.29, 0.717) is 23.9 Å². The van der Waals surface area contributed by atoms with Crippen LogP contribution in [0.2, 0.25) is 0 Å². The van der Waals surface area contributed by atoms with Gasteiger partial charge < -0.3 is 10.6 Å². The number of amides is 2. The lowest BCUT2D eigenvalue weighted by Crippen LogP contribution is -2.31. The number of aromatic nitrogens is 1. The molecule has 3 rings (SSSR count). The van der Waals surface area contributed by atoms with Crippen molar-refractivity contribution in [3.8, 4) is 0 Å². The first kappa shape index (κ1) is 19.5. The van der Waals surface area contributed by atoms with Gasteiger partial charge >= 0.3 is 0 Å². The molecule has 2 aromatic heterocycles. The van der Waals surface area contributed by atoms with Gasteiger partial charge in [-0.05, 0) is 41.5 Å². The number of anilines is 1. The van der Waals surface area contributed by atoms with Gasteiger partial charge in [0.15, 0.2) is 5.13 Å². The lowest BCUT2D eigenvalue weighted by atomic mass is 10.0. The largest absolute Gasteiger partial charge is 0.348 e. The number of thiazole rings is 1. The van der Waals surface area contributed by atoms with Crippen LogP contribution in [0.1, 0.15) is 43.7 Å². The highest BCUT2D eigenvalue weighted by Crippen LogP contribution is 2.28. The Morgan fingerprint density at radius 1 is 1.22 bits per heavy atom. The molecule has 1 unspecified atom stereocenters. The molecule has 1 aromatic carbocycles. The smallest absolute Gasteiger partial charge is 0.223 e. The summed E-state index contributed by atoms with van der Waals surface area (Å²) in [4.78, 5) is 29.2. The molecule has 0 radical (unpaired) electrons. The summed E-state index contributed by atoms with van der Waals surface area (Å²) in [5.41, 5.74) is 1.95. The first-order valence-electron chi connectivity index (χ1n) is 8.92. The topological polar surface area (TPSA) is 71.1 Å². The molecule has 0 aliphatic heterocycles. The molecule has 27 heavy (non-hydrogen) atoms. The van der Waals surface area contributed by atoms with Crippen LogP contribution in [0.5, 0.6) is 0 Å². The maximum absolute atomic E-state index is 12.5. The van der Waals surface area contributed by atoms with Crippen molar-refractivity contribution in [2.75, 3.05) is 5.32 Å². The quantitative estimate of drug-likeness (QED) is 0.599. The van der Waals surface area contributed by atoms with Crippen molar-refractivity contribution in [1.29, 1.82) is 0 Å². The third kappa shape index (κ3) is 5.14. The fourth-order valence-electron chi connectivity index (χ4n) is 2.87. The predicted molar refractivity (Wildman–Crippen MR) is 112 cm³/mol. The zero-order valence-corrected chi connectivity index (χ0v) is 17.2. The van der Waals surface area contributed by atoms with Gasteiger partial charge in [0.2, 0.25) is 11.8 Å². The van der Waals surface area contributed by atoms with E-state index in [1.54, 1.807) is 11.3 Å². The molecule has 0 aliphatic rings. The average molecular weight is 402 g/mol. The lowest BCUT2D eigenvalue weighted by molar-refractivity contribution is -0.122. The van der Waals surface area contributed by atoms with Gasteiger partial charge in [0.1, 0.15) is 0 Å². The number of nitrogens with one attached hydrogen (secondary N) is 2. The van der Waals surface area contributed by atoms with Gasteiger partial charge in [-0.1, -0.05) is 37.3 Å². The number of hydrogen-bond acceptors (Lipinski definition) is 5. The molecule has 0 aliphatic carbocycles. The third-order valence-corrected chi connectivity index (χ3v) is 6.10. The van der Waals surface area contributed by atoms with Gasteiger partial charge in [-0.3, -0.25) is 9.59 Å². The average Bonchev–Trinajstić information content (AvgIpc) is 3.25. The number of aryl methyl sites for hydroxylation is 1. The number of benzene rings is 1. The molecule has 1 atom stereocenters. The Bertz CT molecular complexity index is 932. The van der Waals surface area contributed by atoms with Gasteiger partial charge in [0.25, 0.3) is 0 Å². The molecule has 0 fully saturated rings. The van der Waals surface area contributed by atoms with Crippen molar-refractivity contribution in [2.45, 2.75) is 39.7 Å². The zero-order valence-electron chi connectivity index (χ0n) is 15.6. The van der Waals surface area contributed by atoms with Crippen LogP contribution in [-0.4, -0.2) is 16.8 Å². The molecule has 5 nitrogen and oxygen atoms in total. The molecule has 2 heterocycles. The van der Waals surface area contributed by atoms with Crippen LogP contribution in [0.15, 0.2) is 35.7 Å². The maximum atomic E-state index is 12.5. The number of hydrogen-bond donors (Lipinski definition) is 2. The second-order valence-electron chi connectivity index (χ2n) is 6.81. The summed E-state index contributed by atoms with van der Waals surface area (Å²) < 4.78 is 1.01. The van der Waals surface area contributed by atoms with Crippen molar-refractivity contribution < 1.29 is 9.59 Å². The van der Waals surface area contributed by atoms with Crippen LogP contribution in [0.3, 0.4) is 0 Å². The Morgan fingerprint density at radius 2 is 2.04 bits per heavy atom. The Kier molecular flexibility index (Phi) is 6.23. The second-order valence-corrected chi connectivity index (χ2v) is 8.82. The number of fused-ring (bicyclic) bond motifs is 1. The van der Waals surface area contributed by atoms with E-state index in [9.17, 15) is 9.59 Å². The predicted octanol–water partition coefficient (Wildman–Crippen LogP) is 4.76. The summed E-state index contributed by atoms with van der Waals surface area (Å²) >= 11 is 3.12. The fraction of sp³-hybridized carbons (Fsp3) is 0.350. The third-order valence-electron chi connectivity index (χ3n) is 4.21. The number of nitrogens with zero attached hydrogens (tertiary/aromatic N) is 1. The van der Waals surface area contributed by atoms with Crippen LogP contribution < -0.4 is 10.6 Å². The molecular formula is C20H23N3O2S2. The number of rotatable bonds is 7. The Hall–Kier alpha value is -2.25. The van der Waals surface area contributed by atoms with Crippen LogP contribution >= 0.6 is 22.7 Å². The molecule has 0 saturated heterocycles. The van der Waals surface area contributed by atoms with Crippen LogP contribution in [0.25, 0.3) is 10.2 Å². The van der Waals surface area contributed by atoms with E-state index in [4.69, 9.17) is 0 Å². The number of carbonyl (C=O) groups excluding carboxylic acids is 2. The molecule has 0 bridgehead atoms. The molecule has 2 amide bonds. The maximum Gasteiger partial charge on any atom is 0.223 e. The summed E-state index contributed by atoms with van der Waals surface area (Å²) in [5.74, 6) is 0.273. The molecule has 2 N–H and O–H groups in total. The highest BCUT2D eigenvalue weighted by molar-refractivity contribution is 7.22. The van der Waals surface area contributed by atoms with E-state index in [-0.39, 0.29) is 17.9 Å². The Morgan fingerprint density at radius 3 is 2.70 bits per heavy atom. The van der Waals surface area contributed by atoms with E-state index < -0.39 is 0 Å². The molecule has 3 aromatic rings. The summed E-state index contributed by atoms with van der Waals surface area (Å²) in [6, 6.07) is 10.1. The fourth-order valence-corrected chi connectivity index (χ4v) is 4.79. The number of thiophene rings is 1.